The van der Waals surface area contributed by atoms with Gasteiger partial charge in [0.15, 0.2) is 0 Å². The molecule has 78 valence electrons. The molecular formula is C9H10BF4-. The zero-order valence-electron chi connectivity index (χ0n) is 7.95. The van der Waals surface area contributed by atoms with Gasteiger partial charge >= 0.3 is 6.98 Å². The van der Waals surface area contributed by atoms with Crippen LogP contribution in [0.5, 0.6) is 0 Å². The molecule has 0 aliphatic carbocycles. The van der Waals surface area contributed by atoms with Gasteiger partial charge in [-0.2, -0.15) is 0 Å². The minimum Gasteiger partial charge on any atom is -0.445 e. The van der Waals surface area contributed by atoms with Gasteiger partial charge < -0.3 is 12.9 Å². The summed E-state index contributed by atoms with van der Waals surface area (Å²) in [7, 11) is 0. The Morgan fingerprint density at radius 1 is 1.21 bits per heavy atom. The van der Waals surface area contributed by atoms with Crippen molar-refractivity contribution in [3.63, 3.8) is 0 Å². The first-order valence-electron chi connectivity index (χ1n) is 4.35. The van der Waals surface area contributed by atoms with Gasteiger partial charge in [0.2, 0.25) is 0 Å². The molecule has 5 heteroatoms. The maximum atomic E-state index is 12.8. The summed E-state index contributed by atoms with van der Waals surface area (Å²) in [6, 6.07) is 1.72. The molecular weight excluding hydrogens is 195 g/mol. The van der Waals surface area contributed by atoms with Crippen LogP contribution in [-0.2, 0) is 6.42 Å². The first-order chi connectivity index (χ1) is 6.36. The van der Waals surface area contributed by atoms with Crippen molar-refractivity contribution < 1.29 is 17.3 Å². The summed E-state index contributed by atoms with van der Waals surface area (Å²) < 4.78 is 50.2. The topological polar surface area (TPSA) is 0 Å². The fourth-order valence-corrected chi connectivity index (χ4v) is 1.47. The van der Waals surface area contributed by atoms with Crippen molar-refractivity contribution in [2.45, 2.75) is 20.3 Å². The van der Waals surface area contributed by atoms with Crippen LogP contribution >= 0.6 is 0 Å². The first kappa shape index (κ1) is 11.1. The van der Waals surface area contributed by atoms with E-state index in [2.05, 4.69) is 0 Å². The minimum absolute atomic E-state index is 0.140. The highest BCUT2D eigenvalue weighted by atomic mass is 19.4. The van der Waals surface area contributed by atoms with E-state index in [1.54, 1.807) is 6.92 Å². The molecule has 0 bridgehead atoms. The monoisotopic (exact) mass is 205 g/mol. The van der Waals surface area contributed by atoms with Gasteiger partial charge in [-0.05, 0) is 25.0 Å². The lowest BCUT2D eigenvalue weighted by atomic mass is 9.75. The standard InChI is InChI=1S/C9H10BF4/c1-3-7-4-8(11)5-9(6(7)2)10(12,13)14/h4-5H,3H2,1-2H3/q-1. The van der Waals surface area contributed by atoms with Gasteiger partial charge in [0.1, 0.15) is 5.82 Å². The van der Waals surface area contributed by atoms with Crippen LogP contribution in [-0.4, -0.2) is 6.98 Å². The van der Waals surface area contributed by atoms with Gasteiger partial charge in [0.25, 0.3) is 0 Å². The minimum atomic E-state index is -5.12. The Hall–Kier alpha value is -0.995. The van der Waals surface area contributed by atoms with Crippen LogP contribution in [0.3, 0.4) is 0 Å². The molecule has 0 aliphatic heterocycles. The fourth-order valence-electron chi connectivity index (χ4n) is 1.47. The lowest BCUT2D eigenvalue weighted by molar-refractivity contribution is 0.499. The van der Waals surface area contributed by atoms with Gasteiger partial charge in [-0.1, -0.05) is 18.6 Å². The smallest absolute Gasteiger partial charge is 0.445 e. The highest BCUT2D eigenvalue weighted by molar-refractivity contribution is 6.74. The number of hydrogen-bond acceptors (Lipinski definition) is 0. The molecule has 0 heterocycles. The second kappa shape index (κ2) is 3.63. The molecule has 0 atom stereocenters. The molecule has 0 N–H and O–H groups in total. The molecule has 0 spiro atoms. The molecule has 0 saturated heterocycles. The van der Waals surface area contributed by atoms with Crippen LogP contribution < -0.4 is 5.46 Å². The average molecular weight is 205 g/mol. The van der Waals surface area contributed by atoms with Gasteiger partial charge in [0.05, 0.1) is 0 Å². The Bertz CT molecular complexity index is 343. The van der Waals surface area contributed by atoms with Crippen molar-refractivity contribution in [1.29, 1.82) is 0 Å². The maximum Gasteiger partial charge on any atom is 0.510 e. The normalized spacial score (nSPS) is 11.9. The zero-order valence-corrected chi connectivity index (χ0v) is 7.95. The Balaban J connectivity index is 3.37. The molecule has 1 aromatic carbocycles. The predicted molar refractivity (Wildman–Crippen MR) is 49.2 cm³/mol. The van der Waals surface area contributed by atoms with Gasteiger partial charge in [-0.25, -0.2) is 4.39 Å². The van der Waals surface area contributed by atoms with Crippen LogP contribution in [0, 0.1) is 12.7 Å². The average Bonchev–Trinajstić information content (AvgIpc) is 2.06. The van der Waals surface area contributed by atoms with Crippen LogP contribution in [0.1, 0.15) is 18.1 Å². The molecule has 0 aromatic heterocycles. The van der Waals surface area contributed by atoms with Gasteiger partial charge in [0, 0.05) is 0 Å². The second-order valence-corrected chi connectivity index (χ2v) is 3.21. The molecule has 0 radical (unpaired) electrons. The third-order valence-electron chi connectivity index (χ3n) is 2.25. The van der Waals surface area contributed by atoms with E-state index in [1.165, 1.54) is 6.92 Å². The Morgan fingerprint density at radius 3 is 2.21 bits per heavy atom. The van der Waals surface area contributed by atoms with E-state index in [1.807, 2.05) is 0 Å². The third kappa shape index (κ3) is 2.08. The molecule has 0 saturated carbocycles. The molecule has 0 fully saturated rings. The van der Waals surface area contributed by atoms with Crippen molar-refractivity contribution >= 4 is 12.4 Å². The van der Waals surface area contributed by atoms with Crippen LogP contribution in [0.25, 0.3) is 0 Å². The van der Waals surface area contributed by atoms with Crippen LogP contribution in [0.2, 0.25) is 0 Å². The van der Waals surface area contributed by atoms with Crippen LogP contribution in [0.4, 0.5) is 17.3 Å². The molecule has 14 heavy (non-hydrogen) atoms. The van der Waals surface area contributed by atoms with E-state index in [-0.39, 0.29) is 5.56 Å². The number of benzene rings is 1. The number of halogens is 4. The van der Waals surface area contributed by atoms with E-state index in [4.69, 9.17) is 0 Å². The van der Waals surface area contributed by atoms with E-state index in [9.17, 15) is 17.3 Å². The summed E-state index contributed by atoms with van der Waals surface area (Å²) in [6.45, 7) is -2.03. The summed E-state index contributed by atoms with van der Waals surface area (Å²) in [5.41, 5.74) is -0.262. The van der Waals surface area contributed by atoms with Crippen molar-refractivity contribution in [3.05, 3.63) is 29.1 Å². The van der Waals surface area contributed by atoms with Crippen LogP contribution in [0.15, 0.2) is 12.1 Å². The number of hydrogen-bond donors (Lipinski definition) is 0. The van der Waals surface area contributed by atoms with Crippen molar-refractivity contribution in [2.24, 2.45) is 0 Å². The lowest BCUT2D eigenvalue weighted by Crippen LogP contribution is -2.37. The fraction of sp³-hybridized carbons (Fsp3) is 0.333. The summed E-state index contributed by atoms with van der Waals surface area (Å²) in [5, 5.41) is 0. The van der Waals surface area contributed by atoms with E-state index < -0.39 is 18.3 Å². The molecule has 1 aromatic rings. The van der Waals surface area contributed by atoms with Crippen molar-refractivity contribution in [1.82, 2.24) is 0 Å². The van der Waals surface area contributed by atoms with E-state index in [0.717, 1.165) is 6.07 Å². The largest absolute Gasteiger partial charge is 0.510 e. The zero-order chi connectivity index (χ0) is 10.9. The number of aryl methyl sites for hydroxylation is 1. The number of rotatable bonds is 2. The van der Waals surface area contributed by atoms with Crippen molar-refractivity contribution in [3.8, 4) is 0 Å². The Labute approximate surface area is 80.0 Å². The summed E-state index contributed by atoms with van der Waals surface area (Å²) in [5.74, 6) is -0.818. The molecule has 0 unspecified atom stereocenters. The summed E-state index contributed by atoms with van der Waals surface area (Å²) >= 11 is 0. The highest BCUT2D eigenvalue weighted by Gasteiger charge is 2.28. The Morgan fingerprint density at radius 2 is 1.79 bits per heavy atom. The Kier molecular flexibility index (Phi) is 2.88. The molecule has 0 amide bonds. The second-order valence-electron chi connectivity index (χ2n) is 3.21. The van der Waals surface area contributed by atoms with Crippen molar-refractivity contribution in [2.75, 3.05) is 0 Å². The molecule has 0 aliphatic rings. The SMILES string of the molecule is CCc1cc(F)cc([B-](F)(F)F)c1C. The predicted octanol–water partition coefficient (Wildman–Crippen LogP) is 2.75. The van der Waals surface area contributed by atoms with Gasteiger partial charge in [-0.3, -0.25) is 0 Å². The first-order valence-corrected chi connectivity index (χ1v) is 4.35. The quantitative estimate of drug-likeness (QED) is 0.514. The summed E-state index contributed by atoms with van der Waals surface area (Å²) in [4.78, 5) is 0. The molecule has 0 nitrogen and oxygen atoms in total. The van der Waals surface area contributed by atoms with E-state index in [0.29, 0.717) is 18.1 Å². The lowest BCUT2D eigenvalue weighted by Gasteiger charge is -2.20. The molecule has 1 rings (SSSR count). The third-order valence-corrected chi connectivity index (χ3v) is 2.25. The summed E-state index contributed by atoms with van der Waals surface area (Å²) in [6.07, 6.45) is 0.406. The highest BCUT2D eigenvalue weighted by Crippen LogP contribution is 2.16. The van der Waals surface area contributed by atoms with E-state index >= 15 is 0 Å². The van der Waals surface area contributed by atoms with Gasteiger partial charge in [-0.15, -0.1) is 5.46 Å². The maximum absolute atomic E-state index is 12.8.